The second-order valence-corrected chi connectivity index (χ2v) is 5.34. The third kappa shape index (κ3) is 2.38. The van der Waals surface area contributed by atoms with Crippen molar-refractivity contribution in [1.29, 1.82) is 0 Å². The van der Waals surface area contributed by atoms with Gasteiger partial charge in [-0.05, 0) is 30.9 Å². The molecular formula is C15H22N2O. The summed E-state index contributed by atoms with van der Waals surface area (Å²) in [5, 5.41) is 3.50. The van der Waals surface area contributed by atoms with Crippen LogP contribution >= 0.6 is 0 Å². The third-order valence-electron chi connectivity index (χ3n) is 3.96. The number of fused-ring (bicyclic) bond motifs is 1. The van der Waals surface area contributed by atoms with Crippen LogP contribution in [0.1, 0.15) is 24.0 Å². The summed E-state index contributed by atoms with van der Waals surface area (Å²) >= 11 is 0. The van der Waals surface area contributed by atoms with Crippen LogP contribution in [0, 0.1) is 6.92 Å². The molecule has 0 aliphatic carbocycles. The quantitative estimate of drug-likeness (QED) is 0.864. The number of aryl methyl sites for hydroxylation is 1. The highest BCUT2D eigenvalue weighted by Gasteiger charge is 2.23. The first-order valence-corrected chi connectivity index (χ1v) is 7.00. The monoisotopic (exact) mass is 246 g/mol. The maximum atomic E-state index is 5.79. The summed E-state index contributed by atoms with van der Waals surface area (Å²) in [5.74, 6) is 0. The standard InChI is InChI=1S/C15H22N2O/c1-12-4-2-5-13-10-16-7-8-17(15(12)13)11-14-6-3-9-18-14/h2,4-5,14,16H,3,6-11H2,1H3. The number of nitrogens with one attached hydrogen (secondary N) is 1. The van der Waals surface area contributed by atoms with Crippen molar-refractivity contribution in [3.63, 3.8) is 0 Å². The Balaban J connectivity index is 1.85. The molecule has 0 saturated carbocycles. The van der Waals surface area contributed by atoms with Crippen molar-refractivity contribution >= 4 is 5.69 Å². The number of anilines is 1. The molecule has 0 spiro atoms. The SMILES string of the molecule is Cc1cccc2c1N(CC1CCCO1)CCNC2. The fourth-order valence-electron chi connectivity index (χ4n) is 3.08. The van der Waals surface area contributed by atoms with Crippen molar-refractivity contribution in [2.75, 3.05) is 31.1 Å². The lowest BCUT2D eigenvalue weighted by Gasteiger charge is -2.28. The fourth-order valence-corrected chi connectivity index (χ4v) is 3.08. The molecule has 2 aliphatic rings. The summed E-state index contributed by atoms with van der Waals surface area (Å²) in [6.07, 6.45) is 2.86. The Morgan fingerprint density at radius 1 is 1.44 bits per heavy atom. The van der Waals surface area contributed by atoms with E-state index in [9.17, 15) is 0 Å². The minimum Gasteiger partial charge on any atom is -0.376 e. The summed E-state index contributed by atoms with van der Waals surface area (Å²) in [4.78, 5) is 2.51. The topological polar surface area (TPSA) is 24.5 Å². The van der Waals surface area contributed by atoms with Crippen LogP contribution in [0.3, 0.4) is 0 Å². The van der Waals surface area contributed by atoms with Crippen LogP contribution in [0.25, 0.3) is 0 Å². The number of hydrogen-bond acceptors (Lipinski definition) is 3. The van der Waals surface area contributed by atoms with Crippen LogP contribution in [-0.2, 0) is 11.3 Å². The lowest BCUT2D eigenvalue weighted by molar-refractivity contribution is 0.115. The Morgan fingerprint density at radius 2 is 2.39 bits per heavy atom. The van der Waals surface area contributed by atoms with E-state index in [0.29, 0.717) is 6.10 Å². The van der Waals surface area contributed by atoms with E-state index in [-0.39, 0.29) is 0 Å². The van der Waals surface area contributed by atoms with Crippen LogP contribution in [0.5, 0.6) is 0 Å². The van der Waals surface area contributed by atoms with Gasteiger partial charge in [0.05, 0.1) is 6.10 Å². The van der Waals surface area contributed by atoms with Gasteiger partial charge in [-0.2, -0.15) is 0 Å². The molecule has 18 heavy (non-hydrogen) atoms. The average Bonchev–Trinajstić information content (AvgIpc) is 2.78. The minimum absolute atomic E-state index is 0.426. The van der Waals surface area contributed by atoms with Crippen LogP contribution < -0.4 is 10.2 Å². The van der Waals surface area contributed by atoms with E-state index in [0.717, 1.165) is 32.8 Å². The van der Waals surface area contributed by atoms with Gasteiger partial charge in [0.25, 0.3) is 0 Å². The van der Waals surface area contributed by atoms with Crippen LogP contribution in [0.4, 0.5) is 5.69 Å². The van der Waals surface area contributed by atoms with Crippen molar-refractivity contribution in [1.82, 2.24) is 5.32 Å². The highest BCUT2D eigenvalue weighted by molar-refractivity contribution is 5.60. The highest BCUT2D eigenvalue weighted by Crippen LogP contribution is 2.28. The predicted octanol–water partition coefficient (Wildman–Crippen LogP) is 2.08. The minimum atomic E-state index is 0.426. The van der Waals surface area contributed by atoms with Crippen molar-refractivity contribution in [2.45, 2.75) is 32.4 Å². The summed E-state index contributed by atoms with van der Waals surface area (Å²) in [7, 11) is 0. The zero-order valence-corrected chi connectivity index (χ0v) is 11.1. The largest absolute Gasteiger partial charge is 0.376 e. The molecule has 1 N–H and O–H groups in total. The lowest BCUT2D eigenvalue weighted by Crippen LogP contribution is -2.35. The van der Waals surface area contributed by atoms with E-state index < -0.39 is 0 Å². The second kappa shape index (κ2) is 5.29. The summed E-state index contributed by atoms with van der Waals surface area (Å²) in [6.45, 7) is 7.32. The van der Waals surface area contributed by atoms with Crippen molar-refractivity contribution in [2.24, 2.45) is 0 Å². The molecule has 3 heteroatoms. The first kappa shape index (κ1) is 12.0. The lowest BCUT2D eigenvalue weighted by atomic mass is 10.1. The van der Waals surface area contributed by atoms with Gasteiger partial charge >= 0.3 is 0 Å². The van der Waals surface area contributed by atoms with E-state index in [1.165, 1.54) is 29.7 Å². The molecule has 1 fully saturated rings. The molecule has 0 aromatic heterocycles. The highest BCUT2D eigenvalue weighted by atomic mass is 16.5. The number of hydrogen-bond donors (Lipinski definition) is 1. The van der Waals surface area contributed by atoms with Gasteiger partial charge in [0, 0.05) is 38.5 Å². The van der Waals surface area contributed by atoms with Gasteiger partial charge in [-0.3, -0.25) is 0 Å². The molecule has 0 radical (unpaired) electrons. The van der Waals surface area contributed by atoms with Gasteiger partial charge in [-0.25, -0.2) is 0 Å². The van der Waals surface area contributed by atoms with E-state index in [2.05, 4.69) is 35.3 Å². The average molecular weight is 246 g/mol. The molecule has 98 valence electrons. The first-order valence-electron chi connectivity index (χ1n) is 7.00. The molecule has 0 amide bonds. The molecule has 2 aliphatic heterocycles. The number of nitrogens with zero attached hydrogens (tertiary/aromatic N) is 1. The van der Waals surface area contributed by atoms with E-state index in [1.807, 2.05) is 0 Å². The molecule has 0 bridgehead atoms. The first-order chi connectivity index (χ1) is 8.84. The normalized spacial score (nSPS) is 23.8. The molecule has 1 saturated heterocycles. The molecule has 1 unspecified atom stereocenters. The maximum Gasteiger partial charge on any atom is 0.0750 e. The molecule has 2 heterocycles. The summed E-state index contributed by atoms with van der Waals surface area (Å²) in [6, 6.07) is 6.61. The predicted molar refractivity (Wildman–Crippen MR) is 74.1 cm³/mol. The van der Waals surface area contributed by atoms with Gasteiger partial charge < -0.3 is 15.0 Å². The summed E-state index contributed by atoms with van der Waals surface area (Å²) in [5.41, 5.74) is 4.23. The van der Waals surface area contributed by atoms with E-state index >= 15 is 0 Å². The van der Waals surface area contributed by atoms with Crippen molar-refractivity contribution < 1.29 is 4.74 Å². The zero-order chi connectivity index (χ0) is 12.4. The number of ether oxygens (including phenoxy) is 1. The van der Waals surface area contributed by atoms with Gasteiger partial charge in [0.1, 0.15) is 0 Å². The molecule has 3 nitrogen and oxygen atoms in total. The molecule has 1 aromatic rings. The van der Waals surface area contributed by atoms with Gasteiger partial charge in [-0.15, -0.1) is 0 Å². The van der Waals surface area contributed by atoms with Crippen LogP contribution in [0.2, 0.25) is 0 Å². The zero-order valence-electron chi connectivity index (χ0n) is 11.1. The Labute approximate surface area is 109 Å². The van der Waals surface area contributed by atoms with Crippen LogP contribution in [-0.4, -0.2) is 32.3 Å². The van der Waals surface area contributed by atoms with Crippen molar-refractivity contribution in [3.8, 4) is 0 Å². The van der Waals surface area contributed by atoms with E-state index in [4.69, 9.17) is 4.74 Å². The second-order valence-electron chi connectivity index (χ2n) is 5.34. The van der Waals surface area contributed by atoms with Gasteiger partial charge in [-0.1, -0.05) is 18.2 Å². The molecular weight excluding hydrogens is 224 g/mol. The molecule has 1 aromatic carbocycles. The Bertz CT molecular complexity index is 413. The smallest absolute Gasteiger partial charge is 0.0750 e. The molecule has 1 atom stereocenters. The Morgan fingerprint density at radius 3 is 3.22 bits per heavy atom. The summed E-state index contributed by atoms with van der Waals surface area (Å²) < 4.78 is 5.79. The number of para-hydroxylation sites is 1. The van der Waals surface area contributed by atoms with Crippen molar-refractivity contribution in [3.05, 3.63) is 29.3 Å². The van der Waals surface area contributed by atoms with Gasteiger partial charge in [0.15, 0.2) is 0 Å². The van der Waals surface area contributed by atoms with Gasteiger partial charge in [0.2, 0.25) is 0 Å². The Hall–Kier alpha value is -1.06. The third-order valence-corrected chi connectivity index (χ3v) is 3.96. The molecule has 3 rings (SSSR count). The number of rotatable bonds is 2. The number of benzene rings is 1. The van der Waals surface area contributed by atoms with E-state index in [1.54, 1.807) is 0 Å². The Kier molecular flexibility index (Phi) is 3.52. The van der Waals surface area contributed by atoms with Crippen LogP contribution in [0.15, 0.2) is 18.2 Å². The maximum absolute atomic E-state index is 5.79. The fraction of sp³-hybridized carbons (Fsp3) is 0.600.